The Kier molecular flexibility index (Phi) is 27.1. The molecule has 0 atom stereocenters. The quantitative estimate of drug-likeness (QED) is 0.120. The molecule has 41 heavy (non-hydrogen) atoms. The Morgan fingerprint density at radius 1 is 0.780 bits per heavy atom. The standard InChI is InChI=1S/C11H22O4.C8H9NO.C7H14O4.C3H7NO/c1-10(2)6-14-15-9-11(3,7-12-4)8-13-5;1-7(10)9-8-5-3-2-4-6-8;1-7(4-10-2,5-11-3)6(8)9;1-3(5)4-2/h1,6-9H2,2-5H3;2-6H,1H3,(H,9,10);4-5H2,1-3H3,(H,8,9);1-2H3,(H,4,5). The predicted octanol–water partition coefficient (Wildman–Crippen LogP) is 3.58. The van der Waals surface area contributed by atoms with E-state index in [9.17, 15) is 14.4 Å². The van der Waals surface area contributed by atoms with Crippen molar-refractivity contribution in [3.8, 4) is 0 Å². The normalized spacial score (nSPS) is 10.4. The van der Waals surface area contributed by atoms with Gasteiger partial charge in [-0.2, -0.15) is 0 Å². The first-order valence-corrected chi connectivity index (χ1v) is 12.8. The number of amides is 2. The van der Waals surface area contributed by atoms with Crippen molar-refractivity contribution in [3.63, 3.8) is 0 Å². The lowest BCUT2D eigenvalue weighted by Crippen LogP contribution is -2.36. The molecule has 0 heterocycles. The van der Waals surface area contributed by atoms with Crippen LogP contribution in [0, 0.1) is 10.8 Å². The van der Waals surface area contributed by atoms with Gasteiger partial charge in [-0.15, -0.1) is 0 Å². The van der Waals surface area contributed by atoms with E-state index in [0.29, 0.717) is 26.4 Å². The summed E-state index contributed by atoms with van der Waals surface area (Å²) in [6, 6.07) is 9.37. The second kappa shape index (κ2) is 26.1. The number of carbonyl (C=O) groups excluding carboxylic acids is 2. The molecule has 0 aromatic heterocycles. The smallest absolute Gasteiger partial charge is 0.314 e. The molecule has 0 saturated heterocycles. The average molecular weight is 589 g/mol. The topological polar surface area (TPSA) is 151 Å². The molecular weight excluding hydrogens is 536 g/mol. The van der Waals surface area contributed by atoms with Crippen molar-refractivity contribution >= 4 is 23.5 Å². The van der Waals surface area contributed by atoms with E-state index in [-0.39, 0.29) is 30.4 Å². The summed E-state index contributed by atoms with van der Waals surface area (Å²) in [4.78, 5) is 40.9. The van der Waals surface area contributed by atoms with Crippen LogP contribution in [0.5, 0.6) is 0 Å². The summed E-state index contributed by atoms with van der Waals surface area (Å²) in [5.41, 5.74) is 0.660. The van der Waals surface area contributed by atoms with Crippen molar-refractivity contribution in [2.75, 3.05) is 80.4 Å². The van der Waals surface area contributed by atoms with E-state index in [1.165, 1.54) is 28.1 Å². The van der Waals surface area contributed by atoms with E-state index in [2.05, 4.69) is 17.2 Å². The minimum Gasteiger partial charge on any atom is -0.481 e. The molecule has 0 unspecified atom stereocenters. The van der Waals surface area contributed by atoms with Gasteiger partial charge in [-0.25, -0.2) is 9.78 Å². The van der Waals surface area contributed by atoms with Crippen molar-refractivity contribution in [2.24, 2.45) is 10.8 Å². The van der Waals surface area contributed by atoms with Crippen molar-refractivity contribution in [1.82, 2.24) is 5.32 Å². The van der Waals surface area contributed by atoms with E-state index in [1.807, 2.05) is 44.2 Å². The fourth-order valence-electron chi connectivity index (χ4n) is 2.68. The maximum absolute atomic E-state index is 10.6. The van der Waals surface area contributed by atoms with Gasteiger partial charge < -0.3 is 34.7 Å². The van der Waals surface area contributed by atoms with Crippen molar-refractivity contribution in [1.29, 1.82) is 0 Å². The van der Waals surface area contributed by atoms with Crippen LogP contribution in [0.1, 0.15) is 34.6 Å². The highest BCUT2D eigenvalue weighted by Crippen LogP contribution is 2.18. The molecule has 2 amide bonds. The Balaban J connectivity index is -0.000000496. The van der Waals surface area contributed by atoms with Crippen LogP contribution in [0.2, 0.25) is 0 Å². The summed E-state index contributed by atoms with van der Waals surface area (Å²) >= 11 is 0. The number of ether oxygens (including phenoxy) is 4. The van der Waals surface area contributed by atoms with E-state index in [4.69, 9.17) is 33.8 Å². The van der Waals surface area contributed by atoms with E-state index in [1.54, 1.807) is 28.2 Å². The lowest BCUT2D eigenvalue weighted by atomic mass is 9.93. The summed E-state index contributed by atoms with van der Waals surface area (Å²) < 4.78 is 19.7. The molecule has 0 aliphatic heterocycles. The number of carboxylic acids is 1. The third-order valence-corrected chi connectivity index (χ3v) is 4.67. The minimum atomic E-state index is -0.927. The summed E-state index contributed by atoms with van der Waals surface area (Å²) in [6.45, 7) is 14.5. The molecule has 0 radical (unpaired) electrons. The largest absolute Gasteiger partial charge is 0.481 e. The number of aliphatic carboxylic acids is 1. The van der Waals surface area contributed by atoms with E-state index in [0.717, 1.165) is 11.3 Å². The highest BCUT2D eigenvalue weighted by Gasteiger charge is 2.33. The van der Waals surface area contributed by atoms with E-state index < -0.39 is 11.4 Å². The van der Waals surface area contributed by atoms with Crippen LogP contribution in [0.4, 0.5) is 5.69 Å². The minimum absolute atomic E-state index is 0.00463. The van der Waals surface area contributed by atoms with Crippen molar-refractivity contribution in [2.45, 2.75) is 34.6 Å². The van der Waals surface area contributed by atoms with Gasteiger partial charge in [-0.3, -0.25) is 14.4 Å². The Bertz CT molecular complexity index is 822. The molecule has 1 aromatic rings. The summed E-state index contributed by atoms with van der Waals surface area (Å²) in [7, 11) is 7.85. The molecule has 1 rings (SSSR count). The zero-order valence-corrected chi connectivity index (χ0v) is 26.5. The number of hydrogen-bond donors (Lipinski definition) is 3. The Morgan fingerprint density at radius 2 is 1.22 bits per heavy atom. The number of hydrogen-bond acceptors (Lipinski definition) is 9. The number of carbonyl (C=O) groups is 3. The number of rotatable bonds is 15. The molecule has 0 bridgehead atoms. The van der Waals surface area contributed by atoms with Crippen LogP contribution < -0.4 is 10.6 Å². The Labute approximate surface area is 245 Å². The van der Waals surface area contributed by atoms with Crippen LogP contribution in [0.3, 0.4) is 0 Å². The molecule has 3 N–H and O–H groups in total. The molecule has 238 valence electrons. The SMILES string of the molecule is C=C(C)COOCC(C)(COC)COC.CC(=O)Nc1ccccc1.CNC(C)=O.COCC(C)(COC)C(=O)O. The number of benzene rings is 1. The zero-order valence-electron chi connectivity index (χ0n) is 26.5. The van der Waals surface area contributed by atoms with Gasteiger partial charge in [0.2, 0.25) is 11.8 Å². The molecule has 0 aliphatic rings. The molecule has 0 spiro atoms. The monoisotopic (exact) mass is 588 g/mol. The van der Waals surface area contributed by atoms with Gasteiger partial charge in [0.15, 0.2) is 0 Å². The first-order chi connectivity index (χ1) is 19.2. The number of carboxylic acid groups (broad SMARTS) is 1. The summed E-state index contributed by atoms with van der Waals surface area (Å²) in [5.74, 6) is -0.933. The number of methoxy groups -OCH3 is 4. The van der Waals surface area contributed by atoms with Gasteiger partial charge in [-0.05, 0) is 26.0 Å². The van der Waals surface area contributed by atoms with Gasteiger partial charge in [0.1, 0.15) is 12.0 Å². The highest BCUT2D eigenvalue weighted by molar-refractivity contribution is 5.88. The fraction of sp³-hybridized carbons (Fsp3) is 0.621. The average Bonchev–Trinajstić information content (AvgIpc) is 2.88. The molecule has 0 saturated carbocycles. The maximum Gasteiger partial charge on any atom is 0.314 e. The van der Waals surface area contributed by atoms with Gasteiger partial charge in [0.05, 0.1) is 33.0 Å². The molecule has 12 heteroatoms. The lowest BCUT2D eigenvalue weighted by Gasteiger charge is -2.26. The van der Waals surface area contributed by atoms with Gasteiger partial charge in [0.25, 0.3) is 0 Å². The van der Waals surface area contributed by atoms with E-state index >= 15 is 0 Å². The lowest BCUT2D eigenvalue weighted by molar-refractivity contribution is -0.307. The number of nitrogens with one attached hydrogen (secondary N) is 2. The van der Waals surface area contributed by atoms with Gasteiger partial charge in [-0.1, -0.05) is 37.3 Å². The fourth-order valence-corrected chi connectivity index (χ4v) is 2.68. The van der Waals surface area contributed by atoms with Crippen molar-refractivity contribution in [3.05, 3.63) is 42.5 Å². The Hall–Kier alpha value is -2.87. The molecule has 0 aliphatic carbocycles. The summed E-state index contributed by atoms with van der Waals surface area (Å²) in [6.07, 6.45) is 0. The van der Waals surface area contributed by atoms with Crippen LogP contribution in [0.25, 0.3) is 0 Å². The first kappa shape index (κ1) is 42.6. The second-order valence-electron chi connectivity index (χ2n) is 9.74. The highest BCUT2D eigenvalue weighted by atomic mass is 17.2. The van der Waals surface area contributed by atoms with Gasteiger partial charge in [0, 0.05) is 60.4 Å². The third kappa shape index (κ3) is 27.1. The van der Waals surface area contributed by atoms with Crippen molar-refractivity contribution < 1.29 is 48.2 Å². The molecule has 1 aromatic carbocycles. The number of para-hydroxylation sites is 1. The number of anilines is 1. The van der Waals surface area contributed by atoms with Gasteiger partial charge >= 0.3 is 5.97 Å². The molecular formula is C29H52N2O10. The maximum atomic E-state index is 10.6. The van der Waals surface area contributed by atoms with Crippen LogP contribution >= 0.6 is 0 Å². The predicted molar refractivity (Wildman–Crippen MR) is 159 cm³/mol. The first-order valence-electron chi connectivity index (χ1n) is 12.8. The molecule has 12 nitrogen and oxygen atoms in total. The van der Waals surface area contributed by atoms with Crippen LogP contribution in [-0.4, -0.2) is 98.0 Å². The third-order valence-electron chi connectivity index (χ3n) is 4.67. The van der Waals surface area contributed by atoms with Crippen LogP contribution in [0.15, 0.2) is 42.5 Å². The van der Waals surface area contributed by atoms with Crippen LogP contribution in [-0.2, 0) is 43.1 Å². The second-order valence-corrected chi connectivity index (χ2v) is 9.74. The molecule has 0 fully saturated rings. The summed E-state index contributed by atoms with van der Waals surface area (Å²) in [5, 5.41) is 13.8. The Morgan fingerprint density at radius 3 is 1.54 bits per heavy atom. The zero-order chi connectivity index (χ0) is 32.3.